The number of aromatic nitrogens is 1. The van der Waals surface area contributed by atoms with E-state index in [-0.39, 0.29) is 5.82 Å². The van der Waals surface area contributed by atoms with Crippen molar-refractivity contribution in [3.05, 3.63) is 22.3 Å². The molecule has 16 heavy (non-hydrogen) atoms. The first-order valence-corrected chi connectivity index (χ1v) is 5.71. The minimum Gasteiger partial charge on any atom is -0.370 e. The first-order chi connectivity index (χ1) is 7.45. The van der Waals surface area contributed by atoms with Crippen molar-refractivity contribution in [2.45, 2.75) is 25.9 Å². The van der Waals surface area contributed by atoms with Gasteiger partial charge < -0.3 is 5.32 Å². The van der Waals surface area contributed by atoms with Crippen molar-refractivity contribution in [3.8, 4) is 0 Å². The van der Waals surface area contributed by atoms with Crippen LogP contribution in [0.2, 0.25) is 0 Å². The molecule has 90 valence electrons. The van der Waals surface area contributed by atoms with E-state index in [0.717, 1.165) is 18.9 Å². The minimum absolute atomic E-state index is 0.107. The Kier molecular flexibility index (Phi) is 4.58. The van der Waals surface area contributed by atoms with Crippen LogP contribution in [-0.4, -0.2) is 11.5 Å². The van der Waals surface area contributed by atoms with Crippen LogP contribution in [0.4, 0.5) is 19.0 Å². The summed E-state index contributed by atoms with van der Waals surface area (Å²) in [6, 6.07) is 1.03. The highest BCUT2D eigenvalue weighted by atomic mass is 79.9. The molecule has 0 aliphatic rings. The first kappa shape index (κ1) is 13.3. The summed E-state index contributed by atoms with van der Waals surface area (Å²) in [7, 11) is 0. The number of anilines is 1. The van der Waals surface area contributed by atoms with Gasteiger partial charge in [-0.25, -0.2) is 4.98 Å². The number of unbranched alkanes of at least 4 members (excludes halogenated alkanes) is 1. The van der Waals surface area contributed by atoms with Crippen LogP contribution in [0.3, 0.4) is 0 Å². The summed E-state index contributed by atoms with van der Waals surface area (Å²) >= 11 is 2.98. The Morgan fingerprint density at radius 1 is 1.44 bits per heavy atom. The molecule has 0 bridgehead atoms. The molecule has 0 saturated heterocycles. The van der Waals surface area contributed by atoms with E-state index >= 15 is 0 Å². The maximum atomic E-state index is 12.6. The standard InChI is InChI=1S/C10H12BrF3N2/c1-2-3-4-15-9-8(10(12,13)14)5-7(11)6-16-9/h5-6H,2-4H2,1H3,(H,15,16). The second kappa shape index (κ2) is 5.52. The van der Waals surface area contributed by atoms with Crippen LogP contribution in [0.25, 0.3) is 0 Å². The van der Waals surface area contributed by atoms with E-state index in [1.165, 1.54) is 6.20 Å². The molecule has 1 rings (SSSR count). The molecule has 6 heteroatoms. The molecule has 0 fully saturated rings. The van der Waals surface area contributed by atoms with Gasteiger partial charge in [0.15, 0.2) is 0 Å². The highest BCUT2D eigenvalue weighted by Crippen LogP contribution is 2.35. The zero-order valence-electron chi connectivity index (χ0n) is 8.74. The molecule has 1 aromatic heterocycles. The molecule has 0 aromatic carbocycles. The lowest BCUT2D eigenvalue weighted by Gasteiger charge is -2.13. The van der Waals surface area contributed by atoms with Crippen molar-refractivity contribution >= 4 is 21.7 Å². The number of alkyl halides is 3. The summed E-state index contributed by atoms with van der Waals surface area (Å²) in [5.41, 5.74) is -0.738. The number of nitrogens with zero attached hydrogens (tertiary/aromatic N) is 1. The Hall–Kier alpha value is -0.780. The van der Waals surface area contributed by atoms with Crippen molar-refractivity contribution in [3.63, 3.8) is 0 Å². The van der Waals surface area contributed by atoms with Crippen LogP contribution >= 0.6 is 15.9 Å². The fraction of sp³-hybridized carbons (Fsp3) is 0.500. The van der Waals surface area contributed by atoms with Gasteiger partial charge in [-0.05, 0) is 28.4 Å². The lowest BCUT2D eigenvalue weighted by Crippen LogP contribution is -2.13. The third kappa shape index (κ3) is 3.66. The summed E-state index contributed by atoms with van der Waals surface area (Å²) in [4.78, 5) is 3.74. The van der Waals surface area contributed by atoms with Crippen LogP contribution < -0.4 is 5.32 Å². The summed E-state index contributed by atoms with van der Waals surface area (Å²) < 4.78 is 38.2. The van der Waals surface area contributed by atoms with E-state index in [1.807, 2.05) is 6.92 Å². The van der Waals surface area contributed by atoms with Crippen molar-refractivity contribution < 1.29 is 13.2 Å². The quantitative estimate of drug-likeness (QED) is 0.847. The maximum Gasteiger partial charge on any atom is 0.419 e. The Labute approximate surface area is 100 Å². The predicted octanol–water partition coefficient (Wildman–Crippen LogP) is 4.07. The first-order valence-electron chi connectivity index (χ1n) is 4.91. The van der Waals surface area contributed by atoms with Gasteiger partial charge in [0.2, 0.25) is 0 Å². The second-order valence-corrected chi connectivity index (χ2v) is 4.24. The minimum atomic E-state index is -4.38. The summed E-state index contributed by atoms with van der Waals surface area (Å²) in [6.07, 6.45) is -1.30. The summed E-state index contributed by atoms with van der Waals surface area (Å²) in [6.45, 7) is 2.47. The Bertz CT molecular complexity index is 352. The van der Waals surface area contributed by atoms with Gasteiger partial charge >= 0.3 is 6.18 Å². The summed E-state index contributed by atoms with van der Waals surface area (Å²) in [5.74, 6) is -0.107. The highest BCUT2D eigenvalue weighted by molar-refractivity contribution is 9.10. The van der Waals surface area contributed by atoms with E-state index in [1.54, 1.807) is 0 Å². The van der Waals surface area contributed by atoms with Gasteiger partial charge in [-0.1, -0.05) is 13.3 Å². The van der Waals surface area contributed by atoms with E-state index in [4.69, 9.17) is 0 Å². The Morgan fingerprint density at radius 3 is 2.69 bits per heavy atom. The zero-order valence-corrected chi connectivity index (χ0v) is 10.3. The largest absolute Gasteiger partial charge is 0.419 e. The second-order valence-electron chi connectivity index (χ2n) is 3.33. The monoisotopic (exact) mass is 296 g/mol. The van der Waals surface area contributed by atoms with E-state index in [9.17, 15) is 13.2 Å². The smallest absolute Gasteiger partial charge is 0.370 e. The SMILES string of the molecule is CCCCNc1ncc(Br)cc1C(F)(F)F. The molecule has 1 heterocycles. The predicted molar refractivity (Wildman–Crippen MR) is 60.3 cm³/mol. The third-order valence-corrected chi connectivity index (χ3v) is 2.42. The fourth-order valence-electron chi connectivity index (χ4n) is 1.18. The molecule has 0 unspecified atom stereocenters. The molecule has 0 spiro atoms. The van der Waals surface area contributed by atoms with Gasteiger partial charge in [-0.3, -0.25) is 0 Å². The molecule has 0 aliphatic heterocycles. The van der Waals surface area contributed by atoms with Crippen LogP contribution in [0.1, 0.15) is 25.3 Å². The summed E-state index contributed by atoms with van der Waals surface area (Å²) in [5, 5.41) is 2.70. The molecule has 0 aliphatic carbocycles. The zero-order chi connectivity index (χ0) is 12.2. The lowest BCUT2D eigenvalue weighted by molar-refractivity contribution is -0.137. The average molecular weight is 297 g/mol. The molecular formula is C10H12BrF3N2. The molecule has 1 N–H and O–H groups in total. The van der Waals surface area contributed by atoms with E-state index in [0.29, 0.717) is 11.0 Å². The van der Waals surface area contributed by atoms with E-state index in [2.05, 4.69) is 26.2 Å². The molecule has 0 radical (unpaired) electrons. The number of hydrogen-bond acceptors (Lipinski definition) is 2. The third-order valence-electron chi connectivity index (χ3n) is 1.98. The van der Waals surface area contributed by atoms with Gasteiger partial charge in [-0.15, -0.1) is 0 Å². The average Bonchev–Trinajstić information content (AvgIpc) is 2.19. The number of halogens is 4. The van der Waals surface area contributed by atoms with E-state index < -0.39 is 11.7 Å². The molecule has 0 amide bonds. The molecular weight excluding hydrogens is 285 g/mol. The van der Waals surface area contributed by atoms with Crippen LogP contribution in [0, 0.1) is 0 Å². The maximum absolute atomic E-state index is 12.6. The van der Waals surface area contributed by atoms with Crippen LogP contribution in [-0.2, 0) is 6.18 Å². The van der Waals surface area contributed by atoms with Crippen molar-refractivity contribution in [2.24, 2.45) is 0 Å². The van der Waals surface area contributed by atoms with Crippen LogP contribution in [0.15, 0.2) is 16.7 Å². The molecule has 1 aromatic rings. The highest BCUT2D eigenvalue weighted by Gasteiger charge is 2.34. The van der Waals surface area contributed by atoms with Gasteiger partial charge in [0, 0.05) is 17.2 Å². The topological polar surface area (TPSA) is 24.9 Å². The van der Waals surface area contributed by atoms with Crippen molar-refractivity contribution in [2.75, 3.05) is 11.9 Å². The number of hydrogen-bond donors (Lipinski definition) is 1. The van der Waals surface area contributed by atoms with Crippen molar-refractivity contribution in [1.29, 1.82) is 0 Å². The molecule has 2 nitrogen and oxygen atoms in total. The lowest BCUT2D eigenvalue weighted by atomic mass is 10.2. The van der Waals surface area contributed by atoms with Gasteiger partial charge in [-0.2, -0.15) is 13.2 Å². The van der Waals surface area contributed by atoms with Gasteiger partial charge in [0.1, 0.15) is 5.82 Å². The number of nitrogens with one attached hydrogen (secondary N) is 1. The molecule has 0 atom stereocenters. The van der Waals surface area contributed by atoms with Gasteiger partial charge in [0.05, 0.1) is 5.56 Å². The molecule has 0 saturated carbocycles. The Morgan fingerprint density at radius 2 is 2.12 bits per heavy atom. The number of rotatable bonds is 4. The normalized spacial score (nSPS) is 11.6. The number of pyridine rings is 1. The van der Waals surface area contributed by atoms with Gasteiger partial charge in [0.25, 0.3) is 0 Å². The Balaban J connectivity index is 2.90. The van der Waals surface area contributed by atoms with Crippen molar-refractivity contribution in [1.82, 2.24) is 4.98 Å². The van der Waals surface area contributed by atoms with Crippen LogP contribution in [0.5, 0.6) is 0 Å². The fourth-order valence-corrected chi connectivity index (χ4v) is 1.51.